The lowest BCUT2D eigenvalue weighted by molar-refractivity contribution is 0.320. The summed E-state index contributed by atoms with van der Waals surface area (Å²) in [6.07, 6.45) is 0.710. The zero-order valence-corrected chi connectivity index (χ0v) is 10.3. The van der Waals surface area contributed by atoms with Crippen molar-refractivity contribution < 1.29 is 9.13 Å². The minimum absolute atomic E-state index is 0.244. The van der Waals surface area contributed by atoms with Crippen molar-refractivity contribution in [1.82, 2.24) is 0 Å². The Balaban J connectivity index is 1.92. The van der Waals surface area contributed by atoms with Crippen molar-refractivity contribution in [1.29, 1.82) is 0 Å². The fourth-order valence-electron chi connectivity index (χ4n) is 1.70. The van der Waals surface area contributed by atoms with Gasteiger partial charge in [0, 0.05) is 18.2 Å². The number of nitrogens with two attached hydrogens (primary N) is 1. The molecule has 2 nitrogen and oxygen atoms in total. The fraction of sp³-hybridized carbons (Fsp3) is 0.200. The maximum Gasteiger partial charge on any atom is 0.129 e. The summed E-state index contributed by atoms with van der Waals surface area (Å²) in [5.41, 5.74) is 8.26. The molecule has 0 heterocycles. The third kappa shape index (κ3) is 3.00. The molecule has 2 rings (SSSR count). The van der Waals surface area contributed by atoms with Crippen LogP contribution in [0.5, 0.6) is 5.75 Å². The third-order valence-electron chi connectivity index (χ3n) is 2.84. The number of ether oxygens (including phenoxy) is 1. The Hall–Kier alpha value is -2.03. The van der Waals surface area contributed by atoms with Gasteiger partial charge in [-0.2, -0.15) is 0 Å². The lowest BCUT2D eigenvalue weighted by Gasteiger charge is -2.08. The predicted molar refractivity (Wildman–Crippen MR) is 71.2 cm³/mol. The number of halogens is 1. The van der Waals surface area contributed by atoms with Crippen LogP contribution < -0.4 is 10.5 Å². The van der Waals surface area contributed by atoms with Gasteiger partial charge < -0.3 is 10.5 Å². The average Bonchev–Trinajstić information content (AvgIpc) is 2.36. The Morgan fingerprint density at radius 2 is 1.94 bits per heavy atom. The van der Waals surface area contributed by atoms with Crippen LogP contribution in [0.15, 0.2) is 42.5 Å². The van der Waals surface area contributed by atoms with E-state index in [1.54, 1.807) is 19.1 Å². The van der Waals surface area contributed by atoms with Crippen LogP contribution in [0.4, 0.5) is 10.1 Å². The molecule has 2 aromatic carbocycles. The number of hydrogen-bond donors (Lipinski definition) is 1. The van der Waals surface area contributed by atoms with Crippen molar-refractivity contribution in [3.05, 3.63) is 59.4 Å². The van der Waals surface area contributed by atoms with Gasteiger partial charge in [-0.25, -0.2) is 4.39 Å². The molecular formula is C15H16FNO. The second-order valence-corrected chi connectivity index (χ2v) is 4.21. The van der Waals surface area contributed by atoms with Gasteiger partial charge in [-0.3, -0.25) is 0 Å². The molecule has 0 amide bonds. The maximum atomic E-state index is 13.3. The molecule has 0 unspecified atom stereocenters. The highest BCUT2D eigenvalue weighted by molar-refractivity contribution is 5.46. The van der Waals surface area contributed by atoms with Crippen LogP contribution in [0.3, 0.4) is 0 Å². The zero-order chi connectivity index (χ0) is 13.0. The smallest absolute Gasteiger partial charge is 0.129 e. The van der Waals surface area contributed by atoms with Gasteiger partial charge in [0.1, 0.15) is 11.6 Å². The van der Waals surface area contributed by atoms with E-state index in [0.717, 1.165) is 11.3 Å². The molecule has 0 aliphatic carbocycles. The van der Waals surface area contributed by atoms with E-state index < -0.39 is 0 Å². The van der Waals surface area contributed by atoms with E-state index in [-0.39, 0.29) is 5.82 Å². The van der Waals surface area contributed by atoms with E-state index in [1.807, 2.05) is 24.3 Å². The minimum atomic E-state index is -0.244. The summed E-state index contributed by atoms with van der Waals surface area (Å²) in [6, 6.07) is 12.6. The lowest BCUT2D eigenvalue weighted by Crippen LogP contribution is -2.04. The third-order valence-corrected chi connectivity index (χ3v) is 2.84. The Labute approximate surface area is 106 Å². The SMILES string of the molecule is Cc1ccc(OCCc2ccccc2N)cc1F. The van der Waals surface area contributed by atoms with Crippen LogP contribution in [-0.4, -0.2) is 6.61 Å². The summed E-state index contributed by atoms with van der Waals surface area (Å²) in [5, 5.41) is 0. The van der Waals surface area contributed by atoms with Crippen LogP contribution in [-0.2, 0) is 6.42 Å². The van der Waals surface area contributed by atoms with Gasteiger partial charge in [-0.05, 0) is 30.2 Å². The van der Waals surface area contributed by atoms with E-state index in [9.17, 15) is 4.39 Å². The highest BCUT2D eigenvalue weighted by Crippen LogP contribution is 2.17. The summed E-state index contributed by atoms with van der Waals surface area (Å²) in [6.45, 7) is 2.21. The molecule has 0 bridgehead atoms. The predicted octanol–water partition coefficient (Wildman–Crippen LogP) is 3.34. The Morgan fingerprint density at radius 1 is 1.17 bits per heavy atom. The van der Waals surface area contributed by atoms with E-state index in [2.05, 4.69) is 0 Å². The molecule has 94 valence electrons. The van der Waals surface area contributed by atoms with E-state index in [0.29, 0.717) is 24.3 Å². The van der Waals surface area contributed by atoms with E-state index in [4.69, 9.17) is 10.5 Å². The van der Waals surface area contributed by atoms with E-state index in [1.165, 1.54) is 6.07 Å². The van der Waals surface area contributed by atoms with Crippen LogP contribution in [0.2, 0.25) is 0 Å². The summed E-state index contributed by atoms with van der Waals surface area (Å²) < 4.78 is 18.8. The van der Waals surface area contributed by atoms with E-state index >= 15 is 0 Å². The zero-order valence-electron chi connectivity index (χ0n) is 10.3. The Kier molecular flexibility index (Phi) is 3.82. The molecule has 3 heteroatoms. The second-order valence-electron chi connectivity index (χ2n) is 4.21. The largest absolute Gasteiger partial charge is 0.493 e. The average molecular weight is 245 g/mol. The number of hydrogen-bond acceptors (Lipinski definition) is 2. The van der Waals surface area contributed by atoms with Gasteiger partial charge in [-0.15, -0.1) is 0 Å². The molecule has 2 aromatic rings. The molecule has 0 atom stereocenters. The van der Waals surface area contributed by atoms with Gasteiger partial charge >= 0.3 is 0 Å². The quantitative estimate of drug-likeness (QED) is 0.838. The molecule has 0 radical (unpaired) electrons. The van der Waals surface area contributed by atoms with Crippen LogP contribution in [0.25, 0.3) is 0 Å². The van der Waals surface area contributed by atoms with Crippen LogP contribution in [0, 0.1) is 12.7 Å². The number of anilines is 1. The number of nitrogen functional groups attached to an aromatic ring is 1. The van der Waals surface area contributed by atoms with Gasteiger partial charge in [0.05, 0.1) is 6.61 Å². The number of rotatable bonds is 4. The maximum absolute atomic E-state index is 13.3. The van der Waals surface area contributed by atoms with Crippen LogP contribution in [0.1, 0.15) is 11.1 Å². The first-order chi connectivity index (χ1) is 8.66. The van der Waals surface area contributed by atoms with Crippen molar-refractivity contribution in [2.24, 2.45) is 0 Å². The van der Waals surface area contributed by atoms with Crippen molar-refractivity contribution in [2.75, 3.05) is 12.3 Å². The molecule has 0 saturated carbocycles. The highest BCUT2D eigenvalue weighted by atomic mass is 19.1. The summed E-state index contributed by atoms with van der Waals surface area (Å²) in [7, 11) is 0. The first-order valence-electron chi connectivity index (χ1n) is 5.89. The number of para-hydroxylation sites is 1. The molecule has 0 aliphatic rings. The first-order valence-corrected chi connectivity index (χ1v) is 5.89. The molecule has 0 spiro atoms. The molecule has 0 saturated heterocycles. The lowest BCUT2D eigenvalue weighted by atomic mass is 10.1. The first kappa shape index (κ1) is 12.4. The summed E-state index contributed by atoms with van der Waals surface area (Å²) >= 11 is 0. The standard InChI is InChI=1S/C15H16FNO/c1-11-6-7-13(10-14(11)16)18-9-8-12-4-2-3-5-15(12)17/h2-7,10H,8-9,17H2,1H3. The minimum Gasteiger partial charge on any atom is -0.493 e. The number of benzene rings is 2. The van der Waals surface area contributed by atoms with Crippen molar-refractivity contribution >= 4 is 5.69 Å². The molecule has 0 aliphatic heterocycles. The Morgan fingerprint density at radius 3 is 2.67 bits per heavy atom. The highest BCUT2D eigenvalue weighted by Gasteiger charge is 2.01. The molecule has 0 aromatic heterocycles. The second kappa shape index (κ2) is 5.54. The number of aryl methyl sites for hydroxylation is 1. The van der Waals surface area contributed by atoms with Crippen molar-refractivity contribution in [3.8, 4) is 5.75 Å². The molecular weight excluding hydrogens is 229 g/mol. The summed E-state index contributed by atoms with van der Waals surface area (Å²) in [5.74, 6) is 0.305. The van der Waals surface area contributed by atoms with Gasteiger partial charge in [0.15, 0.2) is 0 Å². The monoisotopic (exact) mass is 245 g/mol. The Bertz CT molecular complexity index is 540. The molecule has 2 N–H and O–H groups in total. The van der Waals surface area contributed by atoms with Gasteiger partial charge in [0.25, 0.3) is 0 Å². The van der Waals surface area contributed by atoms with Crippen molar-refractivity contribution in [2.45, 2.75) is 13.3 Å². The van der Waals surface area contributed by atoms with Gasteiger partial charge in [-0.1, -0.05) is 24.3 Å². The van der Waals surface area contributed by atoms with Crippen molar-refractivity contribution in [3.63, 3.8) is 0 Å². The summed E-state index contributed by atoms with van der Waals surface area (Å²) in [4.78, 5) is 0. The molecule has 0 fully saturated rings. The normalized spacial score (nSPS) is 10.3. The topological polar surface area (TPSA) is 35.2 Å². The van der Waals surface area contributed by atoms with Gasteiger partial charge in [0.2, 0.25) is 0 Å². The molecule has 18 heavy (non-hydrogen) atoms. The van der Waals surface area contributed by atoms with Crippen LogP contribution >= 0.6 is 0 Å². The fourth-order valence-corrected chi connectivity index (χ4v) is 1.70.